The topological polar surface area (TPSA) is 86.7 Å². The third-order valence-electron chi connectivity index (χ3n) is 2.99. The van der Waals surface area contributed by atoms with Gasteiger partial charge in [0.1, 0.15) is 12.1 Å². The predicted octanol–water partition coefficient (Wildman–Crippen LogP) is 1.30. The molecule has 0 bridgehead atoms. The monoisotopic (exact) mass is 326 g/mol. The highest BCUT2D eigenvalue weighted by atomic mass is 79.9. The Labute approximate surface area is 117 Å². The van der Waals surface area contributed by atoms with Crippen LogP contribution in [0.15, 0.2) is 28.7 Å². The summed E-state index contributed by atoms with van der Waals surface area (Å²) in [6.45, 7) is 0.912. The van der Waals surface area contributed by atoms with Gasteiger partial charge in [-0.2, -0.15) is 0 Å². The van der Waals surface area contributed by atoms with Crippen LogP contribution in [0.25, 0.3) is 0 Å². The highest BCUT2D eigenvalue weighted by Gasteiger charge is 2.49. The minimum absolute atomic E-state index is 0.567. The molecule has 0 unspecified atom stereocenters. The molecule has 0 spiro atoms. The first-order valence-electron chi connectivity index (χ1n) is 5.46. The fourth-order valence-corrected chi connectivity index (χ4v) is 2.22. The number of halogens is 1. The number of hydrogen-bond acceptors (Lipinski definition) is 3. The lowest BCUT2D eigenvalue weighted by molar-refractivity contribution is -0.142. The molecular formula is C12H11BrN2O4. The molecule has 100 valence electrons. The van der Waals surface area contributed by atoms with E-state index in [2.05, 4.69) is 21.2 Å². The van der Waals surface area contributed by atoms with E-state index in [1.165, 1.54) is 0 Å². The average Bonchev–Trinajstić information content (AvgIpc) is 2.54. The van der Waals surface area contributed by atoms with Crippen LogP contribution in [-0.2, 0) is 15.1 Å². The molecule has 1 aliphatic rings. The lowest BCUT2D eigenvalue weighted by Crippen LogP contribution is -2.41. The summed E-state index contributed by atoms with van der Waals surface area (Å²) in [6, 6.07) is 6.21. The van der Waals surface area contributed by atoms with E-state index in [4.69, 9.17) is 5.11 Å². The number of carboxylic acids is 1. The maximum absolute atomic E-state index is 12.2. The van der Waals surface area contributed by atoms with Crippen LogP contribution in [0, 0.1) is 0 Å². The Morgan fingerprint density at radius 2 is 1.95 bits per heavy atom. The zero-order chi connectivity index (χ0) is 14.2. The minimum atomic E-state index is -1.23. The number of carbonyl (C=O) groups excluding carboxylic acids is 2. The van der Waals surface area contributed by atoms with Gasteiger partial charge in [-0.05, 0) is 24.6 Å². The zero-order valence-electron chi connectivity index (χ0n) is 10.0. The Balaban J connectivity index is 2.35. The van der Waals surface area contributed by atoms with Crippen molar-refractivity contribution in [1.29, 1.82) is 0 Å². The van der Waals surface area contributed by atoms with Crippen molar-refractivity contribution in [2.45, 2.75) is 12.5 Å². The number of hydrogen-bond donors (Lipinski definition) is 2. The molecule has 1 atom stereocenters. The molecule has 19 heavy (non-hydrogen) atoms. The van der Waals surface area contributed by atoms with E-state index in [-0.39, 0.29) is 0 Å². The molecule has 6 nitrogen and oxygen atoms in total. The minimum Gasteiger partial charge on any atom is -0.480 e. The second-order valence-corrected chi connectivity index (χ2v) is 5.26. The first-order chi connectivity index (χ1) is 8.84. The van der Waals surface area contributed by atoms with Crippen molar-refractivity contribution in [3.63, 3.8) is 0 Å². The summed E-state index contributed by atoms with van der Waals surface area (Å²) in [5.74, 6) is -1.80. The SMILES string of the molecule is C[C@@]1(c2ccc(Br)cc2)NC(=O)N(CC(=O)O)C1=O. The number of nitrogens with zero attached hydrogens (tertiary/aromatic N) is 1. The van der Waals surface area contributed by atoms with Gasteiger partial charge in [0.05, 0.1) is 0 Å². The number of benzene rings is 1. The quantitative estimate of drug-likeness (QED) is 0.820. The smallest absolute Gasteiger partial charge is 0.325 e. The first kappa shape index (κ1) is 13.5. The van der Waals surface area contributed by atoms with Gasteiger partial charge in [-0.15, -0.1) is 0 Å². The summed E-state index contributed by atoms with van der Waals surface area (Å²) in [5, 5.41) is 11.2. The highest BCUT2D eigenvalue weighted by molar-refractivity contribution is 9.10. The van der Waals surface area contributed by atoms with Crippen molar-refractivity contribution in [2.75, 3.05) is 6.54 Å². The second kappa shape index (κ2) is 4.65. The molecule has 1 aromatic carbocycles. The molecule has 1 heterocycles. The van der Waals surface area contributed by atoms with Crippen molar-refractivity contribution >= 4 is 33.8 Å². The molecule has 0 aliphatic carbocycles. The normalized spacial score (nSPS) is 22.5. The number of carboxylic acid groups (broad SMARTS) is 1. The number of nitrogens with one attached hydrogen (secondary N) is 1. The Morgan fingerprint density at radius 3 is 2.47 bits per heavy atom. The molecule has 2 rings (SSSR count). The largest absolute Gasteiger partial charge is 0.480 e. The van der Waals surface area contributed by atoms with Crippen LogP contribution in [0.3, 0.4) is 0 Å². The maximum atomic E-state index is 12.2. The molecule has 1 aliphatic heterocycles. The van der Waals surface area contributed by atoms with E-state index in [0.717, 1.165) is 4.47 Å². The summed E-state index contributed by atoms with van der Waals surface area (Å²) in [6.07, 6.45) is 0. The lowest BCUT2D eigenvalue weighted by atomic mass is 9.92. The maximum Gasteiger partial charge on any atom is 0.325 e. The Hall–Kier alpha value is -1.89. The van der Waals surface area contributed by atoms with Crippen molar-refractivity contribution in [3.8, 4) is 0 Å². The average molecular weight is 327 g/mol. The lowest BCUT2D eigenvalue weighted by Gasteiger charge is -2.21. The molecular weight excluding hydrogens is 316 g/mol. The van der Waals surface area contributed by atoms with Gasteiger partial charge in [-0.25, -0.2) is 4.79 Å². The van der Waals surface area contributed by atoms with Crippen LogP contribution < -0.4 is 5.32 Å². The van der Waals surface area contributed by atoms with E-state index in [1.807, 2.05) is 0 Å². The van der Waals surface area contributed by atoms with E-state index in [1.54, 1.807) is 31.2 Å². The van der Waals surface area contributed by atoms with Crippen molar-refractivity contribution in [3.05, 3.63) is 34.3 Å². The van der Waals surface area contributed by atoms with Gasteiger partial charge in [-0.3, -0.25) is 14.5 Å². The third-order valence-corrected chi connectivity index (χ3v) is 3.52. The van der Waals surface area contributed by atoms with Crippen LogP contribution in [0.1, 0.15) is 12.5 Å². The molecule has 0 aromatic heterocycles. The van der Waals surface area contributed by atoms with Crippen molar-refractivity contribution in [2.24, 2.45) is 0 Å². The fourth-order valence-electron chi connectivity index (χ4n) is 1.95. The van der Waals surface area contributed by atoms with Crippen LogP contribution in [0.5, 0.6) is 0 Å². The Kier molecular flexibility index (Phi) is 3.32. The van der Waals surface area contributed by atoms with Crippen LogP contribution in [0.2, 0.25) is 0 Å². The number of carbonyl (C=O) groups is 3. The molecule has 2 N–H and O–H groups in total. The summed E-state index contributed by atoms with van der Waals surface area (Å²) in [4.78, 5) is 35.3. The molecule has 1 fully saturated rings. The molecule has 1 aromatic rings. The fraction of sp³-hybridized carbons (Fsp3) is 0.250. The molecule has 0 radical (unpaired) electrons. The molecule has 1 saturated heterocycles. The standard InChI is InChI=1S/C12H11BrN2O4/c1-12(7-2-4-8(13)5-3-7)10(18)15(6-9(16)17)11(19)14-12/h2-5H,6H2,1H3,(H,14,19)(H,16,17)/t12-/m0/s1. The van der Waals surface area contributed by atoms with Gasteiger partial charge in [0, 0.05) is 4.47 Å². The van der Waals surface area contributed by atoms with Gasteiger partial charge in [0.2, 0.25) is 0 Å². The van der Waals surface area contributed by atoms with Gasteiger partial charge in [0.25, 0.3) is 5.91 Å². The highest BCUT2D eigenvalue weighted by Crippen LogP contribution is 2.29. The third kappa shape index (κ3) is 2.33. The van der Waals surface area contributed by atoms with Crippen molar-refractivity contribution < 1.29 is 19.5 Å². The van der Waals surface area contributed by atoms with Crippen LogP contribution in [0.4, 0.5) is 4.79 Å². The number of amides is 3. The second-order valence-electron chi connectivity index (χ2n) is 4.35. The van der Waals surface area contributed by atoms with Gasteiger partial charge in [0.15, 0.2) is 0 Å². The van der Waals surface area contributed by atoms with Gasteiger partial charge < -0.3 is 10.4 Å². The Bertz CT molecular complexity index is 557. The van der Waals surface area contributed by atoms with Crippen LogP contribution in [-0.4, -0.2) is 34.5 Å². The number of imide groups is 1. The van der Waals surface area contributed by atoms with E-state index in [9.17, 15) is 14.4 Å². The van der Waals surface area contributed by atoms with Crippen LogP contribution >= 0.6 is 15.9 Å². The summed E-state index contributed by atoms with van der Waals surface area (Å²) in [5.41, 5.74) is -0.630. The van der Waals surface area contributed by atoms with E-state index >= 15 is 0 Å². The first-order valence-corrected chi connectivity index (χ1v) is 6.26. The Morgan fingerprint density at radius 1 is 1.37 bits per heavy atom. The van der Waals surface area contributed by atoms with E-state index < -0.39 is 30.0 Å². The summed E-state index contributed by atoms with van der Waals surface area (Å²) in [7, 11) is 0. The molecule has 3 amide bonds. The zero-order valence-corrected chi connectivity index (χ0v) is 11.6. The van der Waals surface area contributed by atoms with Gasteiger partial charge in [-0.1, -0.05) is 28.1 Å². The summed E-state index contributed by atoms with van der Waals surface area (Å²) < 4.78 is 0.846. The number of aliphatic carboxylic acids is 1. The van der Waals surface area contributed by atoms with Crippen molar-refractivity contribution in [1.82, 2.24) is 10.2 Å². The number of rotatable bonds is 3. The predicted molar refractivity (Wildman–Crippen MR) is 69.4 cm³/mol. The van der Waals surface area contributed by atoms with Gasteiger partial charge >= 0.3 is 12.0 Å². The summed E-state index contributed by atoms with van der Waals surface area (Å²) >= 11 is 3.28. The molecule has 0 saturated carbocycles. The van der Waals surface area contributed by atoms with E-state index in [0.29, 0.717) is 10.5 Å². The molecule has 7 heteroatoms. The number of urea groups is 1.